The van der Waals surface area contributed by atoms with Gasteiger partial charge >= 0.3 is 6.09 Å². The van der Waals surface area contributed by atoms with Gasteiger partial charge in [-0.25, -0.2) is 32.3 Å². The highest BCUT2D eigenvalue weighted by atomic mass is 19.3. The van der Waals surface area contributed by atoms with Gasteiger partial charge < -0.3 is 19.6 Å². The molecule has 0 saturated heterocycles. The fourth-order valence-corrected chi connectivity index (χ4v) is 5.43. The van der Waals surface area contributed by atoms with Gasteiger partial charge in [-0.2, -0.15) is 0 Å². The Kier molecular flexibility index (Phi) is 11.7. The normalized spacial score (nSPS) is 14.3. The minimum Gasteiger partial charge on any atom is -0.505 e. The molecule has 0 aliphatic rings. The van der Waals surface area contributed by atoms with Gasteiger partial charge in [-0.05, 0) is 83.2 Å². The SMILES string of the molecule is CCC(C[C@@H](C)N(Cc1cc(C(C)(F)F)cc(C(C)(F)F)c1)c1ncc(O)cn1)N(C(=O)OC(C)(C)C)[C@H](C)Cc1ccccc1. The summed E-state index contributed by atoms with van der Waals surface area (Å²) in [5.41, 5.74) is -0.519. The number of carbonyl (C=O) groups is 1. The van der Waals surface area contributed by atoms with Crippen molar-refractivity contribution in [3.63, 3.8) is 0 Å². The van der Waals surface area contributed by atoms with E-state index in [0.29, 0.717) is 33.1 Å². The van der Waals surface area contributed by atoms with Crippen LogP contribution in [0.15, 0.2) is 60.9 Å². The summed E-state index contributed by atoms with van der Waals surface area (Å²) >= 11 is 0. The molecule has 0 saturated carbocycles. The molecule has 1 aromatic heterocycles. The number of ether oxygens (including phenoxy) is 1. The number of alkyl halides is 4. The molecule has 2 aromatic carbocycles. The highest BCUT2D eigenvalue weighted by Gasteiger charge is 2.35. The molecule has 252 valence electrons. The lowest BCUT2D eigenvalue weighted by Crippen LogP contribution is -2.51. The molecule has 0 fully saturated rings. The standard InChI is InChI=1S/C35H46F4N4O3/c1-9-29(43(32(45)46-33(4,5)6)24(3)15-25-13-11-10-12-14-25)16-23(2)42(31-40-20-30(44)21-41-31)22-26-17-27(34(7,36)37)19-28(18-26)35(8,38)39/h10-14,17-21,23-24,29,44H,9,15-16,22H2,1-8H3/t23-,24-,29?/m1/s1. The average Bonchev–Trinajstić information content (AvgIpc) is 2.94. The monoisotopic (exact) mass is 646 g/mol. The molecule has 11 heteroatoms. The number of hydrogen-bond acceptors (Lipinski definition) is 6. The predicted molar refractivity (Wildman–Crippen MR) is 171 cm³/mol. The molecule has 3 rings (SSSR count). The van der Waals surface area contributed by atoms with E-state index in [1.54, 1.807) is 30.6 Å². The second-order valence-electron chi connectivity index (χ2n) is 13.1. The summed E-state index contributed by atoms with van der Waals surface area (Å²) in [6.07, 6.45) is 3.49. The number of nitrogens with zero attached hydrogens (tertiary/aromatic N) is 4. The number of anilines is 1. The number of aromatic hydroxyl groups is 1. The van der Waals surface area contributed by atoms with Crippen LogP contribution < -0.4 is 4.90 Å². The summed E-state index contributed by atoms with van der Waals surface area (Å²) in [5, 5.41) is 9.84. The topological polar surface area (TPSA) is 78.8 Å². The van der Waals surface area contributed by atoms with Gasteiger partial charge in [0.25, 0.3) is 11.8 Å². The molecule has 0 aliphatic heterocycles. The summed E-state index contributed by atoms with van der Waals surface area (Å²) in [6.45, 7) is 12.5. The van der Waals surface area contributed by atoms with Crippen LogP contribution in [0.4, 0.5) is 28.3 Å². The second-order valence-corrected chi connectivity index (χ2v) is 13.1. The zero-order chi connectivity index (χ0) is 34.4. The molecule has 1 N–H and O–H groups in total. The zero-order valence-electron chi connectivity index (χ0n) is 27.9. The van der Waals surface area contributed by atoms with E-state index in [2.05, 4.69) is 9.97 Å². The van der Waals surface area contributed by atoms with Gasteiger partial charge in [-0.15, -0.1) is 0 Å². The molecule has 0 radical (unpaired) electrons. The Morgan fingerprint density at radius 1 is 0.870 bits per heavy atom. The van der Waals surface area contributed by atoms with Crippen LogP contribution in [0.5, 0.6) is 5.75 Å². The van der Waals surface area contributed by atoms with E-state index in [9.17, 15) is 27.5 Å². The van der Waals surface area contributed by atoms with Gasteiger partial charge in [0.05, 0.1) is 12.4 Å². The van der Waals surface area contributed by atoms with Crippen LogP contribution in [0.3, 0.4) is 0 Å². The van der Waals surface area contributed by atoms with Gasteiger partial charge in [-0.3, -0.25) is 0 Å². The van der Waals surface area contributed by atoms with E-state index in [4.69, 9.17) is 4.74 Å². The molecule has 1 amide bonds. The quantitative estimate of drug-likeness (QED) is 0.187. The zero-order valence-corrected chi connectivity index (χ0v) is 27.9. The Morgan fingerprint density at radius 3 is 1.89 bits per heavy atom. The van der Waals surface area contributed by atoms with E-state index in [-0.39, 0.29) is 35.9 Å². The predicted octanol–water partition coefficient (Wildman–Crippen LogP) is 8.84. The van der Waals surface area contributed by atoms with Crippen molar-refractivity contribution in [3.05, 3.63) is 83.2 Å². The summed E-state index contributed by atoms with van der Waals surface area (Å²) in [4.78, 5) is 25.7. The van der Waals surface area contributed by atoms with Crippen molar-refractivity contribution in [2.24, 2.45) is 0 Å². The van der Waals surface area contributed by atoms with Crippen molar-refractivity contribution in [2.75, 3.05) is 4.90 Å². The number of aromatic nitrogens is 2. The Hall–Kier alpha value is -3.89. The van der Waals surface area contributed by atoms with Gasteiger partial charge in [0.2, 0.25) is 5.95 Å². The number of halogens is 4. The van der Waals surface area contributed by atoms with Crippen molar-refractivity contribution in [3.8, 4) is 5.75 Å². The number of benzene rings is 2. The maximum atomic E-state index is 14.4. The highest BCUT2D eigenvalue weighted by Crippen LogP contribution is 2.35. The van der Waals surface area contributed by atoms with Crippen LogP contribution in [0.1, 0.15) is 90.5 Å². The highest BCUT2D eigenvalue weighted by molar-refractivity contribution is 5.69. The Bertz CT molecular complexity index is 1390. The number of rotatable bonds is 13. The van der Waals surface area contributed by atoms with Gasteiger partial charge in [0.15, 0.2) is 5.75 Å². The van der Waals surface area contributed by atoms with Crippen LogP contribution >= 0.6 is 0 Å². The molecule has 46 heavy (non-hydrogen) atoms. The Morgan fingerprint density at radius 2 is 1.41 bits per heavy atom. The van der Waals surface area contributed by atoms with Crippen LogP contribution in [-0.2, 0) is 29.5 Å². The summed E-state index contributed by atoms with van der Waals surface area (Å²) in [6, 6.07) is 12.1. The number of amides is 1. The van der Waals surface area contributed by atoms with Crippen molar-refractivity contribution in [1.82, 2.24) is 14.9 Å². The Balaban J connectivity index is 2.03. The summed E-state index contributed by atoms with van der Waals surface area (Å²) in [7, 11) is 0. The van der Waals surface area contributed by atoms with E-state index in [1.807, 2.05) is 51.1 Å². The third-order valence-corrected chi connectivity index (χ3v) is 7.70. The maximum absolute atomic E-state index is 14.4. The molecule has 3 aromatic rings. The van der Waals surface area contributed by atoms with E-state index in [1.165, 1.54) is 24.5 Å². The third kappa shape index (κ3) is 10.3. The number of hydrogen-bond donors (Lipinski definition) is 1. The Labute approximate surface area is 269 Å². The van der Waals surface area contributed by atoms with Crippen LogP contribution in [-0.4, -0.2) is 49.8 Å². The molecule has 0 bridgehead atoms. The fraction of sp³-hybridized carbons (Fsp3) is 0.514. The first-order valence-electron chi connectivity index (χ1n) is 15.5. The lowest BCUT2D eigenvalue weighted by atomic mass is 9.97. The van der Waals surface area contributed by atoms with E-state index in [0.717, 1.165) is 11.6 Å². The number of carbonyl (C=O) groups excluding carboxylic acids is 1. The van der Waals surface area contributed by atoms with E-state index < -0.39 is 40.7 Å². The van der Waals surface area contributed by atoms with Gasteiger partial charge in [0.1, 0.15) is 5.60 Å². The van der Waals surface area contributed by atoms with Crippen molar-refractivity contribution in [2.45, 2.75) is 117 Å². The molecule has 3 atom stereocenters. The first-order valence-corrected chi connectivity index (χ1v) is 15.5. The minimum atomic E-state index is -3.35. The lowest BCUT2D eigenvalue weighted by Gasteiger charge is -2.40. The fourth-order valence-electron chi connectivity index (χ4n) is 5.43. The maximum Gasteiger partial charge on any atom is 0.410 e. The largest absolute Gasteiger partial charge is 0.505 e. The third-order valence-electron chi connectivity index (χ3n) is 7.70. The smallest absolute Gasteiger partial charge is 0.410 e. The molecule has 0 spiro atoms. The minimum absolute atomic E-state index is 0.0820. The molecular weight excluding hydrogens is 600 g/mol. The van der Waals surface area contributed by atoms with Gasteiger partial charge in [0, 0.05) is 49.6 Å². The molecule has 0 aliphatic carbocycles. The first kappa shape index (κ1) is 36.6. The van der Waals surface area contributed by atoms with Crippen LogP contribution in [0.25, 0.3) is 0 Å². The van der Waals surface area contributed by atoms with Crippen molar-refractivity contribution in [1.29, 1.82) is 0 Å². The van der Waals surface area contributed by atoms with Crippen LogP contribution in [0.2, 0.25) is 0 Å². The second kappa shape index (κ2) is 14.7. The van der Waals surface area contributed by atoms with Crippen molar-refractivity contribution >= 4 is 12.0 Å². The van der Waals surface area contributed by atoms with Gasteiger partial charge in [-0.1, -0.05) is 37.3 Å². The molecule has 1 heterocycles. The first-order chi connectivity index (χ1) is 21.3. The van der Waals surface area contributed by atoms with Crippen LogP contribution in [0, 0.1) is 0 Å². The lowest BCUT2D eigenvalue weighted by molar-refractivity contribution is 0.00428. The molecule has 7 nitrogen and oxygen atoms in total. The summed E-state index contributed by atoms with van der Waals surface area (Å²) in [5.74, 6) is -6.70. The summed E-state index contributed by atoms with van der Waals surface area (Å²) < 4.78 is 63.6. The molecular formula is C35H46F4N4O3. The van der Waals surface area contributed by atoms with Crippen molar-refractivity contribution < 1.29 is 32.2 Å². The average molecular weight is 647 g/mol. The molecule has 1 unspecified atom stereocenters. The van der Waals surface area contributed by atoms with E-state index >= 15 is 0 Å².